The van der Waals surface area contributed by atoms with Crippen LogP contribution in [0.3, 0.4) is 0 Å². The zero-order valence-electron chi connectivity index (χ0n) is 14.0. The molecule has 1 saturated carbocycles. The molecule has 1 fully saturated rings. The first-order valence-electron chi connectivity index (χ1n) is 7.70. The van der Waals surface area contributed by atoms with Gasteiger partial charge in [-0.1, -0.05) is 39.3 Å². The molecule has 0 aromatic carbocycles. The average Bonchev–Trinajstić information content (AvgIpc) is 2.67. The molecule has 0 saturated heterocycles. The number of rotatable bonds is 5. The summed E-state index contributed by atoms with van der Waals surface area (Å²) < 4.78 is 2.01. The normalized spacial score (nSPS) is 23.0. The van der Waals surface area contributed by atoms with Crippen molar-refractivity contribution in [2.45, 2.75) is 48.1 Å². The minimum absolute atomic E-state index is 0.0385. The number of hydrogen-bond donors (Lipinski definition) is 1. The molecule has 1 heterocycles. The molecule has 1 aromatic heterocycles. The first-order chi connectivity index (χ1) is 9.73. The van der Waals surface area contributed by atoms with E-state index in [1.165, 1.54) is 5.57 Å². The Bertz CT molecular complexity index is 550. The van der Waals surface area contributed by atoms with E-state index in [2.05, 4.69) is 57.9 Å². The fourth-order valence-electron chi connectivity index (χ4n) is 3.01. The van der Waals surface area contributed by atoms with Crippen LogP contribution in [-0.2, 0) is 11.3 Å². The van der Waals surface area contributed by atoms with Gasteiger partial charge in [0.1, 0.15) is 0 Å². The van der Waals surface area contributed by atoms with Gasteiger partial charge in [0.15, 0.2) is 0 Å². The van der Waals surface area contributed by atoms with Crippen molar-refractivity contribution in [2.75, 3.05) is 5.32 Å². The van der Waals surface area contributed by atoms with Crippen LogP contribution in [0.1, 0.15) is 41.5 Å². The van der Waals surface area contributed by atoms with E-state index in [0.717, 1.165) is 6.54 Å². The summed E-state index contributed by atoms with van der Waals surface area (Å²) in [4.78, 5) is 16.8. The van der Waals surface area contributed by atoms with E-state index in [1.54, 1.807) is 6.20 Å². The number of anilines is 1. The van der Waals surface area contributed by atoms with Crippen LogP contribution in [0.5, 0.6) is 0 Å². The Morgan fingerprint density at radius 2 is 2.14 bits per heavy atom. The molecule has 21 heavy (non-hydrogen) atoms. The second kappa shape index (κ2) is 5.66. The van der Waals surface area contributed by atoms with Gasteiger partial charge in [0.2, 0.25) is 11.9 Å². The van der Waals surface area contributed by atoms with Gasteiger partial charge in [0, 0.05) is 18.9 Å². The SMILES string of the molecule is CC(C)=C[C@H]1[C@H](C(=O)Nc2nccn2CC(C)C)C1(C)C. The molecule has 0 bridgehead atoms. The van der Waals surface area contributed by atoms with Crippen molar-refractivity contribution in [1.82, 2.24) is 9.55 Å². The lowest BCUT2D eigenvalue weighted by atomic mass is 10.1. The lowest BCUT2D eigenvalue weighted by Gasteiger charge is -2.11. The van der Waals surface area contributed by atoms with Gasteiger partial charge in [-0.05, 0) is 31.1 Å². The number of carbonyl (C=O) groups is 1. The maximum absolute atomic E-state index is 12.5. The highest BCUT2D eigenvalue weighted by Crippen LogP contribution is 2.59. The molecule has 0 unspecified atom stereocenters. The number of hydrogen-bond acceptors (Lipinski definition) is 2. The second-order valence-corrected chi connectivity index (χ2v) is 7.36. The molecular formula is C17H27N3O. The van der Waals surface area contributed by atoms with E-state index >= 15 is 0 Å². The van der Waals surface area contributed by atoms with Crippen molar-refractivity contribution >= 4 is 11.9 Å². The van der Waals surface area contributed by atoms with E-state index in [9.17, 15) is 4.79 Å². The summed E-state index contributed by atoms with van der Waals surface area (Å²) in [7, 11) is 0. The summed E-state index contributed by atoms with van der Waals surface area (Å²) in [6, 6.07) is 0. The zero-order chi connectivity index (χ0) is 15.8. The molecule has 1 N–H and O–H groups in total. The van der Waals surface area contributed by atoms with Crippen LogP contribution >= 0.6 is 0 Å². The number of amides is 1. The van der Waals surface area contributed by atoms with E-state index in [4.69, 9.17) is 0 Å². The number of carbonyl (C=O) groups excluding carboxylic acids is 1. The van der Waals surface area contributed by atoms with E-state index in [-0.39, 0.29) is 17.2 Å². The topological polar surface area (TPSA) is 46.9 Å². The van der Waals surface area contributed by atoms with Gasteiger partial charge in [0.05, 0.1) is 5.92 Å². The predicted octanol–water partition coefficient (Wildman–Crippen LogP) is 3.72. The molecule has 2 atom stereocenters. The molecule has 4 nitrogen and oxygen atoms in total. The van der Waals surface area contributed by atoms with Crippen LogP contribution in [0.25, 0.3) is 0 Å². The number of nitrogens with zero attached hydrogens (tertiary/aromatic N) is 2. The lowest BCUT2D eigenvalue weighted by molar-refractivity contribution is -0.118. The molecule has 116 valence electrons. The predicted molar refractivity (Wildman–Crippen MR) is 85.9 cm³/mol. The monoisotopic (exact) mass is 289 g/mol. The van der Waals surface area contributed by atoms with Crippen molar-refractivity contribution in [3.05, 3.63) is 24.0 Å². The first kappa shape index (κ1) is 15.8. The highest BCUT2D eigenvalue weighted by molar-refractivity contribution is 5.94. The fourth-order valence-corrected chi connectivity index (χ4v) is 3.01. The van der Waals surface area contributed by atoms with Gasteiger partial charge in [-0.25, -0.2) is 4.98 Å². The van der Waals surface area contributed by atoms with Crippen LogP contribution in [0, 0.1) is 23.2 Å². The molecule has 0 spiro atoms. The Balaban J connectivity index is 2.06. The Morgan fingerprint density at radius 1 is 1.48 bits per heavy atom. The van der Waals surface area contributed by atoms with Crippen molar-refractivity contribution in [3.63, 3.8) is 0 Å². The Kier molecular flexibility index (Phi) is 4.26. The van der Waals surface area contributed by atoms with Gasteiger partial charge in [-0.3, -0.25) is 10.1 Å². The molecule has 4 heteroatoms. The van der Waals surface area contributed by atoms with Crippen molar-refractivity contribution < 1.29 is 4.79 Å². The van der Waals surface area contributed by atoms with E-state index in [0.29, 0.717) is 17.8 Å². The average molecular weight is 289 g/mol. The molecular weight excluding hydrogens is 262 g/mol. The summed E-state index contributed by atoms with van der Waals surface area (Å²) in [6.45, 7) is 13.6. The molecule has 1 aromatic rings. The smallest absolute Gasteiger partial charge is 0.230 e. The van der Waals surface area contributed by atoms with Gasteiger partial charge >= 0.3 is 0 Å². The molecule has 2 rings (SSSR count). The zero-order valence-corrected chi connectivity index (χ0v) is 14.0. The number of nitrogens with one attached hydrogen (secondary N) is 1. The molecule has 1 aliphatic rings. The minimum atomic E-state index is 0.0385. The number of allylic oxidation sites excluding steroid dienone is 2. The van der Waals surface area contributed by atoms with Crippen LogP contribution in [0.2, 0.25) is 0 Å². The van der Waals surface area contributed by atoms with E-state index < -0.39 is 0 Å². The van der Waals surface area contributed by atoms with Crippen molar-refractivity contribution in [1.29, 1.82) is 0 Å². The van der Waals surface area contributed by atoms with Crippen LogP contribution in [0.15, 0.2) is 24.0 Å². The Morgan fingerprint density at radius 3 is 2.71 bits per heavy atom. The Labute approximate surface area is 127 Å². The molecule has 0 aliphatic heterocycles. The molecule has 1 amide bonds. The first-order valence-corrected chi connectivity index (χ1v) is 7.70. The summed E-state index contributed by atoms with van der Waals surface area (Å²) in [6.07, 6.45) is 5.87. The summed E-state index contributed by atoms with van der Waals surface area (Å²) >= 11 is 0. The minimum Gasteiger partial charge on any atom is -0.317 e. The maximum Gasteiger partial charge on any atom is 0.230 e. The quantitative estimate of drug-likeness (QED) is 0.840. The van der Waals surface area contributed by atoms with E-state index in [1.807, 2.05) is 10.8 Å². The van der Waals surface area contributed by atoms with Gasteiger partial charge in [0.25, 0.3) is 0 Å². The third kappa shape index (κ3) is 3.36. The lowest BCUT2D eigenvalue weighted by Crippen LogP contribution is -2.20. The fraction of sp³-hybridized carbons (Fsp3) is 0.647. The van der Waals surface area contributed by atoms with Crippen molar-refractivity contribution in [3.8, 4) is 0 Å². The van der Waals surface area contributed by atoms with Gasteiger partial charge in [-0.15, -0.1) is 0 Å². The molecule has 1 aliphatic carbocycles. The number of aromatic nitrogens is 2. The maximum atomic E-state index is 12.5. The summed E-state index contributed by atoms with van der Waals surface area (Å²) in [5.41, 5.74) is 1.31. The van der Waals surface area contributed by atoms with Gasteiger partial charge < -0.3 is 4.57 Å². The molecule has 0 radical (unpaired) electrons. The third-order valence-corrected chi connectivity index (χ3v) is 4.22. The highest BCUT2D eigenvalue weighted by Gasteiger charge is 2.60. The van der Waals surface area contributed by atoms with Crippen LogP contribution in [-0.4, -0.2) is 15.5 Å². The Hall–Kier alpha value is -1.58. The third-order valence-electron chi connectivity index (χ3n) is 4.22. The highest BCUT2D eigenvalue weighted by atomic mass is 16.2. The largest absolute Gasteiger partial charge is 0.317 e. The standard InChI is InChI=1S/C17H27N3O/c1-11(2)9-13-14(17(13,5)6)15(21)19-16-18-7-8-20(16)10-12(3)4/h7-9,12-14H,10H2,1-6H3,(H,18,19,21)/t13-,14+/m0/s1. The summed E-state index contributed by atoms with van der Waals surface area (Å²) in [5, 5.41) is 3.00. The van der Waals surface area contributed by atoms with Gasteiger partial charge in [-0.2, -0.15) is 0 Å². The van der Waals surface area contributed by atoms with Crippen LogP contribution < -0.4 is 5.32 Å². The van der Waals surface area contributed by atoms with Crippen LogP contribution in [0.4, 0.5) is 5.95 Å². The van der Waals surface area contributed by atoms with Crippen molar-refractivity contribution in [2.24, 2.45) is 23.2 Å². The summed E-state index contributed by atoms with van der Waals surface area (Å²) in [5.74, 6) is 1.63. The second-order valence-electron chi connectivity index (χ2n) is 7.36. The number of imidazole rings is 1.